The molecule has 2 N–H and O–H groups in total. The second-order valence-corrected chi connectivity index (χ2v) is 5.10. The fourth-order valence-corrected chi connectivity index (χ4v) is 2.19. The van der Waals surface area contributed by atoms with Gasteiger partial charge in [0.05, 0.1) is 5.56 Å². The number of hydrogen-bond donors (Lipinski definition) is 2. The molecule has 0 bridgehead atoms. The number of rotatable bonds is 2. The molecule has 0 saturated heterocycles. The molecular weight excluding hydrogens is 348 g/mol. The van der Waals surface area contributed by atoms with E-state index in [-0.39, 0.29) is 5.56 Å². The van der Waals surface area contributed by atoms with E-state index in [4.69, 9.17) is 0 Å². The van der Waals surface area contributed by atoms with E-state index in [1.54, 1.807) is 23.9 Å². The van der Waals surface area contributed by atoms with Crippen LogP contribution in [-0.2, 0) is 7.05 Å². The predicted octanol–water partition coefficient (Wildman–Crippen LogP) is 2.14. The number of amides is 2. The minimum absolute atomic E-state index is 0.293. The summed E-state index contributed by atoms with van der Waals surface area (Å²) in [5.74, 6) is -3.25. The van der Waals surface area contributed by atoms with Crippen molar-refractivity contribution in [1.82, 2.24) is 15.4 Å². The third-order valence-electron chi connectivity index (χ3n) is 2.67. The molecule has 0 aliphatic rings. The molecule has 1 aromatic carbocycles. The van der Waals surface area contributed by atoms with Crippen LogP contribution < -0.4 is 10.9 Å². The normalized spacial score (nSPS) is 10.3. The quantitative estimate of drug-likeness (QED) is 0.808. The molecule has 21 heavy (non-hydrogen) atoms. The van der Waals surface area contributed by atoms with Crippen molar-refractivity contribution in [3.63, 3.8) is 0 Å². The molecule has 2 amide bonds. The Hall–Kier alpha value is -2.22. The number of benzene rings is 1. The van der Waals surface area contributed by atoms with E-state index in [9.17, 15) is 18.4 Å². The lowest BCUT2D eigenvalue weighted by molar-refractivity contribution is 0.0839. The van der Waals surface area contributed by atoms with Gasteiger partial charge in [-0.3, -0.25) is 20.4 Å². The number of aryl methyl sites for hydroxylation is 1. The molecular formula is C13H10BrF2N3O2. The maximum Gasteiger partial charge on any atom is 0.286 e. The zero-order valence-electron chi connectivity index (χ0n) is 10.8. The van der Waals surface area contributed by atoms with Crippen molar-refractivity contribution in [3.05, 3.63) is 57.8 Å². The summed E-state index contributed by atoms with van der Waals surface area (Å²) < 4.78 is 28.4. The van der Waals surface area contributed by atoms with Crippen molar-refractivity contribution < 1.29 is 18.4 Å². The second kappa shape index (κ2) is 6.04. The first-order valence-electron chi connectivity index (χ1n) is 5.76. The Morgan fingerprint density at radius 1 is 1.14 bits per heavy atom. The summed E-state index contributed by atoms with van der Waals surface area (Å²) in [6, 6.07) is 4.09. The number of aromatic nitrogens is 1. The van der Waals surface area contributed by atoms with Crippen LogP contribution in [0.3, 0.4) is 0 Å². The van der Waals surface area contributed by atoms with E-state index in [0.29, 0.717) is 16.2 Å². The van der Waals surface area contributed by atoms with Gasteiger partial charge in [0.2, 0.25) is 0 Å². The van der Waals surface area contributed by atoms with Crippen molar-refractivity contribution in [2.24, 2.45) is 7.05 Å². The molecule has 2 rings (SSSR count). The van der Waals surface area contributed by atoms with Crippen molar-refractivity contribution in [2.45, 2.75) is 0 Å². The molecule has 0 aliphatic carbocycles. The summed E-state index contributed by atoms with van der Waals surface area (Å²) >= 11 is 3.21. The van der Waals surface area contributed by atoms with Crippen LogP contribution >= 0.6 is 15.9 Å². The van der Waals surface area contributed by atoms with Crippen LogP contribution in [0.5, 0.6) is 0 Å². The number of hydrogen-bond acceptors (Lipinski definition) is 2. The lowest BCUT2D eigenvalue weighted by Gasteiger charge is -2.08. The standard InChI is InChI=1S/C13H10BrF2N3O2/c1-19-6-7(14)4-11(19)13(21)18-17-12(20)9-3-2-8(15)5-10(9)16/h2-6H,1H3,(H,17,20)(H,18,21). The van der Waals surface area contributed by atoms with Gasteiger partial charge in [0.25, 0.3) is 11.8 Å². The highest BCUT2D eigenvalue weighted by atomic mass is 79.9. The minimum atomic E-state index is -1.01. The largest absolute Gasteiger partial charge is 0.345 e. The van der Waals surface area contributed by atoms with Crippen molar-refractivity contribution in [1.29, 1.82) is 0 Å². The predicted molar refractivity (Wildman–Crippen MR) is 74.4 cm³/mol. The minimum Gasteiger partial charge on any atom is -0.345 e. The summed E-state index contributed by atoms with van der Waals surface area (Å²) in [4.78, 5) is 23.5. The molecule has 0 spiro atoms. The van der Waals surface area contributed by atoms with E-state index in [1.807, 2.05) is 0 Å². The average Bonchev–Trinajstić information content (AvgIpc) is 2.74. The molecule has 0 fully saturated rings. The Balaban J connectivity index is 2.04. The third kappa shape index (κ3) is 3.46. The third-order valence-corrected chi connectivity index (χ3v) is 3.10. The first-order valence-corrected chi connectivity index (χ1v) is 6.55. The van der Waals surface area contributed by atoms with Crippen molar-refractivity contribution >= 4 is 27.7 Å². The van der Waals surface area contributed by atoms with Crippen LogP contribution in [-0.4, -0.2) is 16.4 Å². The van der Waals surface area contributed by atoms with Crippen molar-refractivity contribution in [3.8, 4) is 0 Å². The maximum absolute atomic E-state index is 13.4. The van der Waals surface area contributed by atoms with Crippen LogP contribution in [0.15, 0.2) is 34.9 Å². The summed E-state index contributed by atoms with van der Waals surface area (Å²) in [7, 11) is 1.65. The average molecular weight is 358 g/mol. The molecule has 1 heterocycles. The van der Waals surface area contributed by atoms with Crippen LogP contribution in [0.2, 0.25) is 0 Å². The van der Waals surface area contributed by atoms with Crippen LogP contribution in [0.1, 0.15) is 20.8 Å². The van der Waals surface area contributed by atoms with Crippen LogP contribution in [0, 0.1) is 11.6 Å². The van der Waals surface area contributed by atoms with E-state index in [1.165, 1.54) is 0 Å². The molecule has 1 aromatic heterocycles. The van der Waals surface area contributed by atoms with Gasteiger partial charge in [0.15, 0.2) is 0 Å². The highest BCUT2D eigenvalue weighted by Crippen LogP contribution is 2.13. The highest BCUT2D eigenvalue weighted by molar-refractivity contribution is 9.10. The monoisotopic (exact) mass is 357 g/mol. The number of nitrogens with one attached hydrogen (secondary N) is 2. The summed E-state index contributed by atoms with van der Waals surface area (Å²) in [5, 5.41) is 0. The lowest BCUT2D eigenvalue weighted by atomic mass is 10.2. The van der Waals surface area contributed by atoms with Gasteiger partial charge in [-0.15, -0.1) is 0 Å². The topological polar surface area (TPSA) is 63.1 Å². The molecule has 110 valence electrons. The Morgan fingerprint density at radius 2 is 1.81 bits per heavy atom. The molecule has 0 atom stereocenters. The van der Waals surface area contributed by atoms with Gasteiger partial charge in [0, 0.05) is 23.8 Å². The van der Waals surface area contributed by atoms with E-state index in [0.717, 1.165) is 12.1 Å². The molecule has 0 aliphatic heterocycles. The fourth-order valence-electron chi connectivity index (χ4n) is 1.67. The number of hydrazine groups is 1. The SMILES string of the molecule is Cn1cc(Br)cc1C(=O)NNC(=O)c1ccc(F)cc1F. The number of carbonyl (C=O) groups excluding carboxylic acids is 2. The Labute approximate surface area is 127 Å². The fraction of sp³-hybridized carbons (Fsp3) is 0.0769. The lowest BCUT2D eigenvalue weighted by Crippen LogP contribution is -2.42. The summed E-state index contributed by atoms with van der Waals surface area (Å²) in [5.41, 5.74) is 4.14. The first-order chi connectivity index (χ1) is 9.88. The van der Waals surface area contributed by atoms with Gasteiger partial charge in [-0.25, -0.2) is 8.78 Å². The molecule has 0 radical (unpaired) electrons. The van der Waals surface area contributed by atoms with Gasteiger partial charge in [-0.05, 0) is 34.1 Å². The zero-order valence-corrected chi connectivity index (χ0v) is 12.4. The Morgan fingerprint density at radius 3 is 2.38 bits per heavy atom. The van der Waals surface area contributed by atoms with Crippen molar-refractivity contribution in [2.75, 3.05) is 0 Å². The van der Waals surface area contributed by atoms with Gasteiger partial charge < -0.3 is 4.57 Å². The van der Waals surface area contributed by atoms with E-state index < -0.39 is 23.4 Å². The number of halogens is 3. The van der Waals surface area contributed by atoms with E-state index in [2.05, 4.69) is 26.8 Å². The second-order valence-electron chi connectivity index (χ2n) is 4.19. The molecule has 2 aromatic rings. The van der Waals surface area contributed by atoms with Gasteiger partial charge in [0.1, 0.15) is 17.3 Å². The van der Waals surface area contributed by atoms with Gasteiger partial charge >= 0.3 is 0 Å². The maximum atomic E-state index is 13.4. The van der Waals surface area contributed by atoms with Gasteiger partial charge in [-0.2, -0.15) is 0 Å². The molecule has 0 unspecified atom stereocenters. The zero-order chi connectivity index (χ0) is 15.6. The van der Waals surface area contributed by atoms with Crippen LogP contribution in [0.25, 0.3) is 0 Å². The smallest absolute Gasteiger partial charge is 0.286 e. The van der Waals surface area contributed by atoms with E-state index >= 15 is 0 Å². The van der Waals surface area contributed by atoms with Crippen LogP contribution in [0.4, 0.5) is 8.78 Å². The van der Waals surface area contributed by atoms with Gasteiger partial charge in [-0.1, -0.05) is 0 Å². The number of nitrogens with zero attached hydrogens (tertiary/aromatic N) is 1. The Kier molecular flexibility index (Phi) is 4.37. The highest BCUT2D eigenvalue weighted by Gasteiger charge is 2.15. The Bertz CT molecular complexity index is 715. The first kappa shape index (κ1) is 15.2. The summed E-state index contributed by atoms with van der Waals surface area (Å²) in [6.07, 6.45) is 1.66. The summed E-state index contributed by atoms with van der Waals surface area (Å²) in [6.45, 7) is 0. The molecule has 8 heteroatoms. The number of carbonyl (C=O) groups is 2. The molecule has 0 saturated carbocycles. The molecule has 5 nitrogen and oxygen atoms in total.